The Kier molecular flexibility index (Phi) is 4.72. The van der Waals surface area contributed by atoms with Crippen LogP contribution in [0.2, 0.25) is 0 Å². The first-order chi connectivity index (χ1) is 14.0. The van der Waals surface area contributed by atoms with Gasteiger partial charge in [0.25, 0.3) is 11.7 Å². The highest BCUT2D eigenvalue weighted by molar-refractivity contribution is 6.51. The third-order valence-electron chi connectivity index (χ3n) is 4.94. The van der Waals surface area contributed by atoms with Gasteiger partial charge >= 0.3 is 0 Å². The second kappa shape index (κ2) is 7.36. The molecule has 5 heteroatoms. The molecule has 4 nitrogen and oxygen atoms in total. The van der Waals surface area contributed by atoms with E-state index in [0.29, 0.717) is 16.8 Å². The van der Waals surface area contributed by atoms with Crippen LogP contribution in [0.5, 0.6) is 0 Å². The highest BCUT2D eigenvalue weighted by Gasteiger charge is 2.47. The molecular weight excluding hydrogens is 369 g/mol. The zero-order chi connectivity index (χ0) is 20.5. The molecule has 3 aromatic carbocycles. The summed E-state index contributed by atoms with van der Waals surface area (Å²) in [4.78, 5) is 27.2. The van der Waals surface area contributed by atoms with Crippen molar-refractivity contribution in [3.8, 4) is 0 Å². The maximum Gasteiger partial charge on any atom is 0.300 e. The summed E-state index contributed by atoms with van der Waals surface area (Å²) in [5.41, 5.74) is 2.17. The van der Waals surface area contributed by atoms with Crippen molar-refractivity contribution in [2.75, 3.05) is 4.90 Å². The number of amides is 1. The van der Waals surface area contributed by atoms with Gasteiger partial charge in [0.1, 0.15) is 11.6 Å². The topological polar surface area (TPSA) is 57.6 Å². The molecular formula is C24H18FNO3. The van der Waals surface area contributed by atoms with Crippen molar-refractivity contribution in [2.45, 2.75) is 13.0 Å². The van der Waals surface area contributed by atoms with Crippen LogP contribution >= 0.6 is 0 Å². The van der Waals surface area contributed by atoms with Gasteiger partial charge in [0.15, 0.2) is 0 Å². The van der Waals surface area contributed by atoms with Crippen LogP contribution in [-0.2, 0) is 9.59 Å². The number of hydrogen-bond acceptors (Lipinski definition) is 3. The number of halogens is 1. The van der Waals surface area contributed by atoms with Crippen LogP contribution in [0.25, 0.3) is 5.76 Å². The first kappa shape index (κ1) is 18.6. The number of rotatable bonds is 3. The molecule has 1 amide bonds. The van der Waals surface area contributed by atoms with Gasteiger partial charge in [-0.3, -0.25) is 14.5 Å². The number of carbonyl (C=O) groups excluding carboxylic acids is 2. The zero-order valence-electron chi connectivity index (χ0n) is 15.7. The van der Waals surface area contributed by atoms with Crippen LogP contribution in [-0.4, -0.2) is 16.8 Å². The SMILES string of the molecule is Cc1cccc(N2C(=O)C(=O)/C(=C(\O)c3ccccc3)C2c2cccc(F)c2)c1. The van der Waals surface area contributed by atoms with Crippen molar-refractivity contribution < 1.29 is 19.1 Å². The smallest absolute Gasteiger partial charge is 0.300 e. The summed E-state index contributed by atoms with van der Waals surface area (Å²) in [5, 5.41) is 10.9. The van der Waals surface area contributed by atoms with Gasteiger partial charge in [0.2, 0.25) is 0 Å². The van der Waals surface area contributed by atoms with Gasteiger partial charge in [-0.2, -0.15) is 0 Å². The van der Waals surface area contributed by atoms with Gasteiger partial charge in [0.05, 0.1) is 11.6 Å². The van der Waals surface area contributed by atoms with Crippen molar-refractivity contribution >= 4 is 23.1 Å². The summed E-state index contributed by atoms with van der Waals surface area (Å²) in [6, 6.07) is 20.5. The van der Waals surface area contributed by atoms with Crippen molar-refractivity contribution in [1.82, 2.24) is 0 Å². The largest absolute Gasteiger partial charge is 0.507 e. The molecule has 1 atom stereocenters. The number of ketones is 1. The first-order valence-corrected chi connectivity index (χ1v) is 9.16. The van der Waals surface area contributed by atoms with E-state index in [1.54, 1.807) is 54.6 Å². The summed E-state index contributed by atoms with van der Waals surface area (Å²) in [6.45, 7) is 1.88. The standard InChI is InChI=1S/C24H18FNO3/c1-15-7-5-12-19(13-15)26-21(17-10-6-11-18(25)14-17)20(23(28)24(26)29)22(27)16-8-3-2-4-9-16/h2-14,21,27H,1H3/b22-20-. The minimum absolute atomic E-state index is 0.0618. The van der Waals surface area contributed by atoms with Gasteiger partial charge in [-0.05, 0) is 42.3 Å². The third-order valence-corrected chi connectivity index (χ3v) is 4.94. The molecule has 0 radical (unpaired) electrons. The molecule has 1 heterocycles. The lowest BCUT2D eigenvalue weighted by Gasteiger charge is -2.25. The fourth-order valence-corrected chi connectivity index (χ4v) is 3.62. The molecule has 4 rings (SSSR count). The summed E-state index contributed by atoms with van der Waals surface area (Å²) in [7, 11) is 0. The average Bonchev–Trinajstić information content (AvgIpc) is 2.99. The maximum absolute atomic E-state index is 14.0. The summed E-state index contributed by atoms with van der Waals surface area (Å²) < 4.78 is 14.0. The highest BCUT2D eigenvalue weighted by Crippen LogP contribution is 2.42. The van der Waals surface area contributed by atoms with E-state index in [4.69, 9.17) is 0 Å². The number of aryl methyl sites for hydroxylation is 1. The number of anilines is 1. The van der Waals surface area contributed by atoms with Crippen molar-refractivity contribution in [3.05, 3.63) is 107 Å². The fourth-order valence-electron chi connectivity index (χ4n) is 3.62. The number of benzene rings is 3. The number of aliphatic hydroxyl groups excluding tert-OH is 1. The first-order valence-electron chi connectivity index (χ1n) is 9.16. The number of aliphatic hydroxyl groups is 1. The molecule has 1 unspecified atom stereocenters. The van der Waals surface area contributed by atoms with Gasteiger partial charge in [0, 0.05) is 11.3 Å². The molecule has 1 aliphatic rings. The lowest BCUT2D eigenvalue weighted by Crippen LogP contribution is -2.29. The van der Waals surface area contributed by atoms with Crippen LogP contribution in [0.1, 0.15) is 22.7 Å². The molecule has 3 aromatic rings. The Morgan fingerprint density at radius 3 is 2.34 bits per heavy atom. The molecule has 1 fully saturated rings. The monoisotopic (exact) mass is 387 g/mol. The van der Waals surface area contributed by atoms with Crippen molar-refractivity contribution in [3.63, 3.8) is 0 Å². The Bertz CT molecular complexity index is 1140. The molecule has 0 spiro atoms. The van der Waals surface area contributed by atoms with Crippen LogP contribution in [0.4, 0.5) is 10.1 Å². The molecule has 1 N–H and O–H groups in total. The normalized spacial score (nSPS) is 18.3. The van der Waals surface area contributed by atoms with Crippen LogP contribution in [0, 0.1) is 12.7 Å². The minimum atomic E-state index is -0.937. The van der Waals surface area contributed by atoms with Gasteiger partial charge < -0.3 is 5.11 Å². The Morgan fingerprint density at radius 2 is 1.66 bits per heavy atom. The van der Waals surface area contributed by atoms with E-state index in [0.717, 1.165) is 5.56 Å². The Morgan fingerprint density at radius 1 is 0.931 bits per heavy atom. The van der Waals surface area contributed by atoms with Gasteiger partial charge in [-0.25, -0.2) is 4.39 Å². The second-order valence-corrected chi connectivity index (χ2v) is 6.93. The number of carbonyl (C=O) groups is 2. The van der Waals surface area contributed by atoms with Gasteiger partial charge in [-0.15, -0.1) is 0 Å². The number of Topliss-reactive ketones (excluding diaryl/α,β-unsaturated/α-hetero) is 1. The molecule has 1 saturated heterocycles. The minimum Gasteiger partial charge on any atom is -0.507 e. The van der Waals surface area contributed by atoms with E-state index in [1.165, 1.54) is 23.1 Å². The summed E-state index contributed by atoms with van der Waals surface area (Å²) in [6.07, 6.45) is 0. The van der Waals surface area contributed by atoms with E-state index >= 15 is 0 Å². The Balaban J connectivity index is 1.97. The predicted molar refractivity (Wildman–Crippen MR) is 109 cm³/mol. The van der Waals surface area contributed by atoms with Crippen LogP contribution < -0.4 is 4.90 Å². The lowest BCUT2D eigenvalue weighted by atomic mass is 9.95. The number of nitrogens with zero attached hydrogens (tertiary/aromatic N) is 1. The van der Waals surface area contributed by atoms with Crippen molar-refractivity contribution in [1.29, 1.82) is 0 Å². The summed E-state index contributed by atoms with van der Waals surface area (Å²) >= 11 is 0. The number of hydrogen-bond donors (Lipinski definition) is 1. The Hall–Kier alpha value is -3.73. The average molecular weight is 387 g/mol. The zero-order valence-corrected chi connectivity index (χ0v) is 15.7. The lowest BCUT2D eigenvalue weighted by molar-refractivity contribution is -0.132. The molecule has 144 valence electrons. The molecule has 0 bridgehead atoms. The fraction of sp³-hybridized carbons (Fsp3) is 0.0833. The third kappa shape index (κ3) is 3.31. The second-order valence-electron chi connectivity index (χ2n) is 6.93. The van der Waals surface area contributed by atoms with E-state index in [2.05, 4.69) is 0 Å². The van der Waals surface area contributed by atoms with Crippen molar-refractivity contribution in [2.24, 2.45) is 0 Å². The molecule has 29 heavy (non-hydrogen) atoms. The van der Waals surface area contributed by atoms with Gasteiger partial charge in [-0.1, -0.05) is 54.6 Å². The van der Waals surface area contributed by atoms with E-state index in [9.17, 15) is 19.1 Å². The molecule has 0 aromatic heterocycles. The summed E-state index contributed by atoms with van der Waals surface area (Å²) in [5.74, 6) is -2.34. The molecule has 0 aliphatic carbocycles. The molecule has 1 aliphatic heterocycles. The molecule has 0 saturated carbocycles. The predicted octanol–water partition coefficient (Wildman–Crippen LogP) is 4.76. The quantitative estimate of drug-likeness (QED) is 0.400. The Labute approximate surface area is 167 Å². The van der Waals surface area contributed by atoms with E-state index in [1.807, 2.05) is 13.0 Å². The van der Waals surface area contributed by atoms with E-state index < -0.39 is 23.5 Å². The van der Waals surface area contributed by atoms with E-state index in [-0.39, 0.29) is 11.3 Å². The van der Waals surface area contributed by atoms with Crippen LogP contribution in [0.3, 0.4) is 0 Å². The highest BCUT2D eigenvalue weighted by atomic mass is 19.1. The maximum atomic E-state index is 14.0. The van der Waals surface area contributed by atoms with Crippen LogP contribution in [0.15, 0.2) is 84.4 Å².